The van der Waals surface area contributed by atoms with Crippen LogP contribution in [0.4, 0.5) is 0 Å². The number of nitrogens with zero attached hydrogens (tertiary/aromatic N) is 1. The average Bonchev–Trinajstić information content (AvgIpc) is 3.04. The second kappa shape index (κ2) is 9.90. The number of hydrogen-bond donors (Lipinski definition) is 1. The predicted molar refractivity (Wildman–Crippen MR) is 124 cm³/mol. The Hall–Kier alpha value is -3.28. The number of aliphatic hydroxyl groups is 1. The molecule has 0 spiro atoms. The molecule has 0 aliphatic carbocycles. The van der Waals surface area contributed by atoms with Crippen molar-refractivity contribution in [2.24, 2.45) is 0 Å². The number of rotatable bonds is 8. The predicted octanol–water partition coefficient (Wildman–Crippen LogP) is 5.05. The van der Waals surface area contributed by atoms with E-state index in [4.69, 9.17) is 9.47 Å². The molecule has 2 aromatic rings. The highest BCUT2D eigenvalue weighted by molar-refractivity contribution is 6.46. The molecule has 1 saturated heterocycles. The van der Waals surface area contributed by atoms with Crippen molar-refractivity contribution < 1.29 is 24.2 Å². The molecule has 0 aromatic heterocycles. The van der Waals surface area contributed by atoms with Crippen LogP contribution in [0, 0.1) is 0 Å². The molecule has 1 heterocycles. The summed E-state index contributed by atoms with van der Waals surface area (Å²) in [5.41, 5.74) is 2.25. The van der Waals surface area contributed by atoms with Crippen LogP contribution in [0.25, 0.3) is 5.76 Å². The summed E-state index contributed by atoms with van der Waals surface area (Å²) in [5.74, 6) is 0.139. The smallest absolute Gasteiger partial charge is 0.295 e. The third-order valence-corrected chi connectivity index (χ3v) is 5.64. The van der Waals surface area contributed by atoms with Gasteiger partial charge in [0.15, 0.2) is 0 Å². The molecule has 0 radical (unpaired) electrons. The third-order valence-electron chi connectivity index (χ3n) is 5.64. The number of hydrogen-bond acceptors (Lipinski definition) is 5. The van der Waals surface area contributed by atoms with Crippen molar-refractivity contribution in [2.45, 2.75) is 46.1 Å². The van der Waals surface area contributed by atoms with Gasteiger partial charge in [0.05, 0.1) is 25.3 Å². The summed E-state index contributed by atoms with van der Waals surface area (Å²) >= 11 is 0. The van der Waals surface area contributed by atoms with Crippen molar-refractivity contribution in [1.29, 1.82) is 0 Å². The number of carbonyl (C=O) groups is 2. The largest absolute Gasteiger partial charge is 0.507 e. The van der Waals surface area contributed by atoms with Gasteiger partial charge in [0.1, 0.15) is 17.3 Å². The maximum atomic E-state index is 13.0. The summed E-state index contributed by atoms with van der Waals surface area (Å²) in [4.78, 5) is 27.4. The molecule has 1 aliphatic rings. The Morgan fingerprint density at radius 3 is 2.34 bits per heavy atom. The average molecular weight is 438 g/mol. The summed E-state index contributed by atoms with van der Waals surface area (Å²) in [6.45, 7) is 8.88. The van der Waals surface area contributed by atoms with Crippen LogP contribution >= 0.6 is 0 Å². The molecular weight excluding hydrogens is 406 g/mol. The molecule has 1 amide bonds. The van der Waals surface area contributed by atoms with Crippen molar-refractivity contribution in [2.75, 3.05) is 20.3 Å². The first-order chi connectivity index (χ1) is 15.3. The number of aliphatic hydroxyl groups excluding tert-OH is 1. The summed E-state index contributed by atoms with van der Waals surface area (Å²) < 4.78 is 11.0. The second-order valence-electron chi connectivity index (χ2n) is 8.11. The molecule has 1 fully saturated rings. The fraction of sp³-hybridized carbons (Fsp3) is 0.385. The molecule has 1 atom stereocenters. The van der Waals surface area contributed by atoms with Crippen LogP contribution in [0.5, 0.6) is 11.5 Å². The van der Waals surface area contributed by atoms with Gasteiger partial charge in [-0.3, -0.25) is 9.59 Å². The van der Waals surface area contributed by atoms with Gasteiger partial charge in [-0.25, -0.2) is 0 Å². The molecule has 32 heavy (non-hydrogen) atoms. The minimum Gasteiger partial charge on any atom is -0.507 e. The SMILES string of the molecule is CCCN1C(=O)C(=O)/C(=C(\O)c2ccc(OC)c(C(C)C)c2)C1c1ccc(OCC)cc1. The highest BCUT2D eigenvalue weighted by Gasteiger charge is 2.45. The van der Waals surface area contributed by atoms with Crippen LogP contribution in [0.3, 0.4) is 0 Å². The summed E-state index contributed by atoms with van der Waals surface area (Å²) in [7, 11) is 1.60. The van der Waals surface area contributed by atoms with Crippen molar-refractivity contribution >= 4 is 17.4 Å². The highest BCUT2D eigenvalue weighted by atomic mass is 16.5. The minimum absolute atomic E-state index is 0.104. The lowest BCUT2D eigenvalue weighted by Crippen LogP contribution is -2.30. The quantitative estimate of drug-likeness (QED) is 0.355. The van der Waals surface area contributed by atoms with Crippen molar-refractivity contribution in [3.8, 4) is 11.5 Å². The van der Waals surface area contributed by atoms with Crippen molar-refractivity contribution in [3.05, 3.63) is 64.7 Å². The first-order valence-electron chi connectivity index (χ1n) is 11.0. The Labute approximate surface area is 189 Å². The molecule has 1 aliphatic heterocycles. The van der Waals surface area contributed by atoms with E-state index in [9.17, 15) is 14.7 Å². The Morgan fingerprint density at radius 2 is 1.78 bits per heavy atom. The van der Waals surface area contributed by atoms with Crippen LogP contribution < -0.4 is 9.47 Å². The van der Waals surface area contributed by atoms with Gasteiger partial charge in [-0.2, -0.15) is 0 Å². The maximum Gasteiger partial charge on any atom is 0.295 e. The molecule has 6 heteroatoms. The normalized spacial score (nSPS) is 17.8. The molecule has 6 nitrogen and oxygen atoms in total. The van der Waals surface area contributed by atoms with Crippen LogP contribution in [0.1, 0.15) is 62.8 Å². The number of carbonyl (C=O) groups excluding carboxylic acids is 2. The van der Waals surface area contributed by atoms with E-state index in [-0.39, 0.29) is 17.3 Å². The molecule has 1 N–H and O–H groups in total. The number of amides is 1. The monoisotopic (exact) mass is 437 g/mol. The zero-order valence-electron chi connectivity index (χ0n) is 19.3. The lowest BCUT2D eigenvalue weighted by atomic mass is 9.93. The van der Waals surface area contributed by atoms with E-state index in [2.05, 4.69) is 0 Å². The number of Topliss-reactive ketones (excluding diaryl/α,β-unsaturated/α-hetero) is 1. The molecule has 0 bridgehead atoms. The van der Waals surface area contributed by atoms with Crippen molar-refractivity contribution in [3.63, 3.8) is 0 Å². The van der Waals surface area contributed by atoms with Crippen LogP contribution in [-0.2, 0) is 9.59 Å². The number of likely N-dealkylation sites (tertiary alicyclic amines) is 1. The number of benzene rings is 2. The Morgan fingerprint density at radius 1 is 1.09 bits per heavy atom. The molecule has 3 rings (SSSR count). The zero-order valence-corrected chi connectivity index (χ0v) is 19.3. The fourth-order valence-electron chi connectivity index (χ4n) is 4.10. The standard InChI is InChI=1S/C26H31NO5/c1-6-14-27-23(17-8-11-19(12-9-17)32-7-2)22(25(29)26(27)30)24(28)18-10-13-21(31-5)20(15-18)16(3)4/h8-13,15-16,23,28H,6-7,14H2,1-5H3/b24-22-. The van der Waals surface area contributed by atoms with E-state index in [1.165, 1.54) is 4.90 Å². The topological polar surface area (TPSA) is 76.1 Å². The van der Waals surface area contributed by atoms with Gasteiger partial charge in [-0.05, 0) is 60.7 Å². The molecule has 1 unspecified atom stereocenters. The third kappa shape index (κ3) is 4.35. The molecule has 2 aromatic carbocycles. The maximum absolute atomic E-state index is 13.0. The highest BCUT2D eigenvalue weighted by Crippen LogP contribution is 2.40. The molecular formula is C26H31NO5. The number of ketones is 1. The van der Waals surface area contributed by atoms with Crippen molar-refractivity contribution in [1.82, 2.24) is 4.90 Å². The van der Waals surface area contributed by atoms with Gasteiger partial charge < -0.3 is 19.5 Å². The summed E-state index contributed by atoms with van der Waals surface area (Å²) in [5, 5.41) is 11.2. The lowest BCUT2D eigenvalue weighted by Gasteiger charge is -2.25. The first-order valence-corrected chi connectivity index (χ1v) is 11.0. The van der Waals surface area contributed by atoms with Gasteiger partial charge >= 0.3 is 0 Å². The molecule has 0 saturated carbocycles. The van der Waals surface area contributed by atoms with Gasteiger partial charge in [0.2, 0.25) is 0 Å². The van der Waals surface area contributed by atoms with Gasteiger partial charge in [-0.15, -0.1) is 0 Å². The minimum atomic E-state index is -0.670. The second-order valence-corrected chi connectivity index (χ2v) is 8.11. The lowest BCUT2D eigenvalue weighted by molar-refractivity contribution is -0.139. The van der Waals surface area contributed by atoms with E-state index in [0.29, 0.717) is 36.6 Å². The first kappa shape index (κ1) is 23.4. The van der Waals surface area contributed by atoms with Gasteiger partial charge in [-0.1, -0.05) is 32.9 Å². The summed E-state index contributed by atoms with van der Waals surface area (Å²) in [6.07, 6.45) is 0.695. The van der Waals surface area contributed by atoms with Gasteiger partial charge in [0, 0.05) is 12.1 Å². The van der Waals surface area contributed by atoms with Gasteiger partial charge in [0.25, 0.3) is 11.7 Å². The van der Waals surface area contributed by atoms with Crippen LogP contribution in [0.15, 0.2) is 48.0 Å². The fourth-order valence-corrected chi connectivity index (χ4v) is 4.10. The molecule has 170 valence electrons. The van der Waals surface area contributed by atoms with E-state index >= 15 is 0 Å². The van der Waals surface area contributed by atoms with E-state index in [0.717, 1.165) is 11.1 Å². The van der Waals surface area contributed by atoms with Crippen LogP contribution in [0.2, 0.25) is 0 Å². The number of ether oxygens (including phenoxy) is 2. The van der Waals surface area contributed by atoms with E-state index in [1.807, 2.05) is 58.0 Å². The van der Waals surface area contributed by atoms with Crippen LogP contribution in [-0.4, -0.2) is 42.0 Å². The van der Waals surface area contributed by atoms with E-state index in [1.54, 1.807) is 19.2 Å². The Bertz CT molecular complexity index is 1020. The van der Waals surface area contributed by atoms with E-state index < -0.39 is 17.7 Å². The Balaban J connectivity index is 2.16. The summed E-state index contributed by atoms with van der Waals surface area (Å²) in [6, 6.07) is 12.0. The Kier molecular flexibility index (Phi) is 7.23. The number of methoxy groups -OCH3 is 1. The zero-order chi connectivity index (χ0) is 23.4.